The number of carbonyl (C=O) groups excluding carboxylic acids is 1. The lowest BCUT2D eigenvalue weighted by molar-refractivity contribution is -0.131. The SMILES string of the molecule is C[C@H](SCC(=O)N(CCO)C1CCCCC1)c1nc2ccccc2[nH]1. The molecule has 0 aliphatic heterocycles. The maximum absolute atomic E-state index is 12.7. The molecule has 1 fully saturated rings. The van der Waals surface area contributed by atoms with Gasteiger partial charge in [0.1, 0.15) is 5.82 Å². The Morgan fingerprint density at radius 1 is 1.36 bits per heavy atom. The number of fused-ring (bicyclic) bond motifs is 1. The fraction of sp³-hybridized carbons (Fsp3) is 0.579. The number of benzene rings is 1. The van der Waals surface area contributed by atoms with Gasteiger partial charge < -0.3 is 15.0 Å². The van der Waals surface area contributed by atoms with E-state index in [1.165, 1.54) is 19.3 Å². The number of nitrogens with zero attached hydrogens (tertiary/aromatic N) is 2. The normalized spacial score (nSPS) is 16.9. The van der Waals surface area contributed by atoms with Gasteiger partial charge in [-0.05, 0) is 31.9 Å². The molecule has 0 unspecified atom stereocenters. The summed E-state index contributed by atoms with van der Waals surface area (Å²) >= 11 is 1.60. The molecule has 5 nitrogen and oxygen atoms in total. The lowest BCUT2D eigenvalue weighted by atomic mass is 9.94. The van der Waals surface area contributed by atoms with E-state index in [1.54, 1.807) is 11.8 Å². The maximum Gasteiger partial charge on any atom is 0.232 e. The van der Waals surface area contributed by atoms with Crippen LogP contribution < -0.4 is 0 Å². The zero-order valence-corrected chi connectivity index (χ0v) is 15.6. The molecule has 1 aromatic heterocycles. The molecular formula is C19H27N3O2S. The van der Waals surface area contributed by atoms with Gasteiger partial charge in [0.05, 0.1) is 28.6 Å². The zero-order valence-electron chi connectivity index (χ0n) is 14.8. The summed E-state index contributed by atoms with van der Waals surface area (Å²) in [5, 5.41) is 9.46. The first-order chi connectivity index (χ1) is 12.2. The van der Waals surface area contributed by atoms with Gasteiger partial charge in [-0.25, -0.2) is 4.98 Å². The van der Waals surface area contributed by atoms with Crippen LogP contribution in [0.1, 0.15) is 50.1 Å². The number of amides is 1. The molecule has 6 heteroatoms. The Morgan fingerprint density at radius 2 is 2.12 bits per heavy atom. The molecule has 0 saturated heterocycles. The van der Waals surface area contributed by atoms with Crippen LogP contribution in [-0.4, -0.2) is 50.8 Å². The van der Waals surface area contributed by atoms with Crippen LogP contribution in [0.15, 0.2) is 24.3 Å². The molecule has 1 saturated carbocycles. The van der Waals surface area contributed by atoms with Crippen molar-refractivity contribution in [3.8, 4) is 0 Å². The average Bonchev–Trinajstić information content (AvgIpc) is 3.09. The van der Waals surface area contributed by atoms with Crippen LogP contribution in [0.25, 0.3) is 11.0 Å². The fourth-order valence-electron chi connectivity index (χ4n) is 3.53. The second-order valence-electron chi connectivity index (χ2n) is 6.69. The van der Waals surface area contributed by atoms with E-state index < -0.39 is 0 Å². The number of carbonyl (C=O) groups is 1. The van der Waals surface area contributed by atoms with Crippen LogP contribution in [0.3, 0.4) is 0 Å². The van der Waals surface area contributed by atoms with Crippen molar-refractivity contribution < 1.29 is 9.90 Å². The molecule has 1 aromatic carbocycles. The third kappa shape index (κ3) is 4.55. The minimum atomic E-state index is 0.0338. The van der Waals surface area contributed by atoms with Gasteiger partial charge in [0.15, 0.2) is 0 Å². The van der Waals surface area contributed by atoms with Gasteiger partial charge in [0, 0.05) is 12.6 Å². The van der Waals surface area contributed by atoms with Gasteiger partial charge in [-0.1, -0.05) is 31.4 Å². The minimum absolute atomic E-state index is 0.0338. The number of H-pyrrole nitrogens is 1. The van der Waals surface area contributed by atoms with Crippen LogP contribution in [-0.2, 0) is 4.79 Å². The molecular weight excluding hydrogens is 334 g/mol. The zero-order chi connectivity index (χ0) is 17.6. The molecule has 1 heterocycles. The van der Waals surface area contributed by atoms with Gasteiger partial charge in [-0.3, -0.25) is 4.79 Å². The first-order valence-corrected chi connectivity index (χ1v) is 10.2. The van der Waals surface area contributed by atoms with E-state index >= 15 is 0 Å². The molecule has 1 aliphatic rings. The summed E-state index contributed by atoms with van der Waals surface area (Å²) in [4.78, 5) is 22.6. The van der Waals surface area contributed by atoms with Crippen LogP contribution in [0.2, 0.25) is 0 Å². The first-order valence-electron chi connectivity index (χ1n) is 9.15. The summed E-state index contributed by atoms with van der Waals surface area (Å²) in [6.45, 7) is 2.56. The fourth-order valence-corrected chi connectivity index (χ4v) is 4.36. The highest BCUT2D eigenvalue weighted by Gasteiger charge is 2.25. The van der Waals surface area contributed by atoms with Crippen molar-refractivity contribution in [1.82, 2.24) is 14.9 Å². The van der Waals surface area contributed by atoms with Crippen molar-refractivity contribution in [2.75, 3.05) is 18.9 Å². The molecule has 1 aliphatic carbocycles. The smallest absolute Gasteiger partial charge is 0.232 e. The third-order valence-corrected chi connectivity index (χ3v) is 6.06. The highest BCUT2D eigenvalue weighted by Crippen LogP contribution is 2.29. The predicted molar refractivity (Wildman–Crippen MR) is 103 cm³/mol. The molecule has 3 rings (SSSR count). The molecule has 25 heavy (non-hydrogen) atoms. The number of hydrogen-bond acceptors (Lipinski definition) is 4. The number of thioether (sulfide) groups is 1. The highest BCUT2D eigenvalue weighted by molar-refractivity contribution is 8.00. The van der Waals surface area contributed by atoms with Crippen molar-refractivity contribution in [2.45, 2.75) is 50.3 Å². The summed E-state index contributed by atoms with van der Waals surface area (Å²) in [5.41, 5.74) is 1.99. The number of nitrogens with one attached hydrogen (secondary N) is 1. The van der Waals surface area contributed by atoms with E-state index in [4.69, 9.17) is 0 Å². The number of aromatic amines is 1. The Labute approximate surface area is 153 Å². The second kappa shape index (κ2) is 8.72. The lowest BCUT2D eigenvalue weighted by Crippen LogP contribution is -2.44. The van der Waals surface area contributed by atoms with Crippen LogP contribution in [0.4, 0.5) is 0 Å². The largest absolute Gasteiger partial charge is 0.395 e. The Hall–Kier alpha value is -1.53. The summed E-state index contributed by atoms with van der Waals surface area (Å²) in [6, 6.07) is 8.27. The lowest BCUT2D eigenvalue weighted by Gasteiger charge is -2.34. The van der Waals surface area contributed by atoms with E-state index in [2.05, 4.69) is 16.9 Å². The molecule has 2 N–H and O–H groups in total. The van der Waals surface area contributed by atoms with E-state index in [-0.39, 0.29) is 17.8 Å². The number of hydrogen-bond donors (Lipinski definition) is 2. The topological polar surface area (TPSA) is 69.2 Å². The number of aliphatic hydroxyl groups excluding tert-OH is 1. The molecule has 1 amide bonds. The van der Waals surface area contributed by atoms with Gasteiger partial charge in [-0.15, -0.1) is 11.8 Å². The van der Waals surface area contributed by atoms with Crippen molar-refractivity contribution >= 4 is 28.7 Å². The molecule has 0 spiro atoms. The molecule has 136 valence electrons. The molecule has 1 atom stereocenters. The second-order valence-corrected chi connectivity index (χ2v) is 8.02. The first kappa shape index (κ1) is 18.3. The van der Waals surface area contributed by atoms with E-state index in [9.17, 15) is 9.90 Å². The number of rotatable bonds is 7. The Morgan fingerprint density at radius 3 is 2.84 bits per heavy atom. The standard InChI is InChI=1S/C19H27N3O2S/c1-14(19-20-16-9-5-6-10-17(16)21-19)25-13-18(24)22(11-12-23)15-7-3-2-4-8-15/h5-6,9-10,14-15,23H,2-4,7-8,11-13H2,1H3,(H,20,21)/t14-/m0/s1. The van der Waals surface area contributed by atoms with E-state index in [1.807, 2.05) is 29.2 Å². The van der Waals surface area contributed by atoms with Gasteiger partial charge in [0.25, 0.3) is 0 Å². The van der Waals surface area contributed by atoms with Crippen molar-refractivity contribution in [1.29, 1.82) is 0 Å². The Bertz CT molecular complexity index is 664. The summed E-state index contributed by atoms with van der Waals surface area (Å²) < 4.78 is 0. The van der Waals surface area contributed by atoms with Crippen molar-refractivity contribution in [3.63, 3.8) is 0 Å². The maximum atomic E-state index is 12.7. The van der Waals surface area contributed by atoms with Gasteiger partial charge in [-0.2, -0.15) is 0 Å². The van der Waals surface area contributed by atoms with Crippen molar-refractivity contribution in [3.05, 3.63) is 30.1 Å². The number of imidazole rings is 1. The quantitative estimate of drug-likeness (QED) is 0.792. The minimum Gasteiger partial charge on any atom is -0.395 e. The third-order valence-electron chi connectivity index (χ3n) is 4.93. The van der Waals surface area contributed by atoms with Crippen molar-refractivity contribution in [2.24, 2.45) is 0 Å². The van der Waals surface area contributed by atoms with Crippen LogP contribution >= 0.6 is 11.8 Å². The van der Waals surface area contributed by atoms with Crippen LogP contribution in [0.5, 0.6) is 0 Å². The van der Waals surface area contributed by atoms with Gasteiger partial charge >= 0.3 is 0 Å². The average molecular weight is 362 g/mol. The van der Waals surface area contributed by atoms with Crippen LogP contribution in [0, 0.1) is 0 Å². The predicted octanol–water partition coefficient (Wildman–Crippen LogP) is 3.51. The molecule has 0 bridgehead atoms. The van der Waals surface area contributed by atoms with Gasteiger partial charge in [0.2, 0.25) is 5.91 Å². The number of para-hydroxylation sites is 2. The Balaban J connectivity index is 1.59. The summed E-state index contributed by atoms with van der Waals surface area (Å²) in [5.74, 6) is 1.47. The summed E-state index contributed by atoms with van der Waals surface area (Å²) in [6.07, 6.45) is 5.76. The number of aromatic nitrogens is 2. The molecule has 2 aromatic rings. The highest BCUT2D eigenvalue weighted by atomic mass is 32.2. The summed E-state index contributed by atoms with van der Waals surface area (Å²) in [7, 11) is 0. The number of aliphatic hydroxyl groups is 1. The van der Waals surface area contributed by atoms with E-state index in [0.717, 1.165) is 29.7 Å². The van der Waals surface area contributed by atoms with E-state index in [0.29, 0.717) is 18.3 Å². The molecule has 0 radical (unpaired) electrons. The monoisotopic (exact) mass is 361 g/mol. The Kier molecular flexibility index (Phi) is 6.37.